The molecule has 0 saturated carbocycles. The Morgan fingerprint density at radius 3 is 2.72 bits per heavy atom. The third-order valence-electron chi connectivity index (χ3n) is 4.47. The fourth-order valence-electron chi connectivity index (χ4n) is 3.15. The molecule has 2 aromatic carbocycles. The van der Waals surface area contributed by atoms with Crippen molar-refractivity contribution in [2.24, 2.45) is 0 Å². The SMILES string of the molecule is O=C(CCCCCN1Cc2c(O)cccc2Nc2ccccc21)NO. The molecule has 25 heavy (non-hydrogen) atoms. The van der Waals surface area contributed by atoms with Gasteiger partial charge < -0.3 is 15.3 Å². The number of hydroxylamine groups is 1. The molecule has 1 aliphatic rings. The van der Waals surface area contributed by atoms with E-state index in [9.17, 15) is 9.90 Å². The van der Waals surface area contributed by atoms with Crippen LogP contribution in [0.15, 0.2) is 42.5 Å². The maximum atomic E-state index is 11.1. The molecule has 0 bridgehead atoms. The number of carbonyl (C=O) groups excluding carboxylic acids is 1. The molecule has 0 saturated heterocycles. The number of unbranched alkanes of at least 4 members (excludes halogenated alkanes) is 2. The van der Waals surface area contributed by atoms with Crippen LogP contribution in [0.4, 0.5) is 17.1 Å². The van der Waals surface area contributed by atoms with Crippen LogP contribution in [0.25, 0.3) is 0 Å². The minimum Gasteiger partial charge on any atom is -0.508 e. The van der Waals surface area contributed by atoms with Gasteiger partial charge >= 0.3 is 0 Å². The first-order valence-corrected chi connectivity index (χ1v) is 8.54. The van der Waals surface area contributed by atoms with E-state index in [0.717, 1.165) is 48.4 Å². The smallest absolute Gasteiger partial charge is 0.243 e. The first-order chi connectivity index (χ1) is 12.2. The van der Waals surface area contributed by atoms with Crippen molar-refractivity contribution < 1.29 is 15.1 Å². The summed E-state index contributed by atoms with van der Waals surface area (Å²) < 4.78 is 0. The normalized spacial score (nSPS) is 12.6. The number of anilines is 3. The molecule has 0 aromatic heterocycles. The third-order valence-corrected chi connectivity index (χ3v) is 4.47. The van der Waals surface area contributed by atoms with Crippen molar-refractivity contribution in [1.82, 2.24) is 5.48 Å². The summed E-state index contributed by atoms with van der Waals surface area (Å²) in [5.41, 5.74) is 5.59. The van der Waals surface area contributed by atoms with Crippen molar-refractivity contribution in [2.75, 3.05) is 16.8 Å². The van der Waals surface area contributed by atoms with Gasteiger partial charge in [0.1, 0.15) is 5.75 Å². The molecule has 0 spiro atoms. The highest BCUT2D eigenvalue weighted by Gasteiger charge is 2.20. The summed E-state index contributed by atoms with van der Waals surface area (Å²) in [5.74, 6) is -0.0504. The molecule has 3 rings (SSSR count). The van der Waals surface area contributed by atoms with Gasteiger partial charge in [-0.25, -0.2) is 5.48 Å². The third kappa shape index (κ3) is 4.03. The molecule has 132 valence electrons. The fraction of sp³-hybridized carbons (Fsp3) is 0.316. The summed E-state index contributed by atoms with van der Waals surface area (Å²) in [4.78, 5) is 13.3. The van der Waals surface area contributed by atoms with Crippen LogP contribution in [-0.4, -0.2) is 22.8 Å². The summed E-state index contributed by atoms with van der Waals surface area (Å²) >= 11 is 0. The Labute approximate surface area is 147 Å². The molecule has 4 N–H and O–H groups in total. The summed E-state index contributed by atoms with van der Waals surface area (Å²) in [5, 5.41) is 22.2. The summed E-state index contributed by atoms with van der Waals surface area (Å²) in [6, 6.07) is 13.6. The molecule has 0 fully saturated rings. The lowest BCUT2D eigenvalue weighted by molar-refractivity contribution is -0.129. The second kappa shape index (κ2) is 7.90. The van der Waals surface area contributed by atoms with Crippen LogP contribution in [0.5, 0.6) is 5.75 Å². The lowest BCUT2D eigenvalue weighted by Crippen LogP contribution is -2.23. The van der Waals surface area contributed by atoms with Crippen LogP contribution >= 0.6 is 0 Å². The minimum absolute atomic E-state index is 0.294. The first-order valence-electron chi connectivity index (χ1n) is 8.54. The lowest BCUT2D eigenvalue weighted by atomic mass is 10.1. The maximum Gasteiger partial charge on any atom is 0.243 e. The number of rotatable bonds is 6. The van der Waals surface area contributed by atoms with Crippen LogP contribution in [0.2, 0.25) is 0 Å². The van der Waals surface area contributed by atoms with E-state index in [2.05, 4.69) is 16.3 Å². The van der Waals surface area contributed by atoms with E-state index in [1.807, 2.05) is 30.3 Å². The highest BCUT2D eigenvalue weighted by Crippen LogP contribution is 2.38. The first kappa shape index (κ1) is 17.1. The van der Waals surface area contributed by atoms with Gasteiger partial charge in [-0.3, -0.25) is 10.0 Å². The van der Waals surface area contributed by atoms with E-state index < -0.39 is 0 Å². The lowest BCUT2D eigenvalue weighted by Gasteiger charge is -2.25. The second-order valence-electron chi connectivity index (χ2n) is 6.21. The van der Waals surface area contributed by atoms with Gasteiger partial charge in [-0.2, -0.15) is 0 Å². The predicted molar refractivity (Wildman–Crippen MR) is 97.3 cm³/mol. The molecule has 0 atom stereocenters. The average molecular weight is 341 g/mol. The van der Waals surface area contributed by atoms with Crippen molar-refractivity contribution in [2.45, 2.75) is 32.2 Å². The van der Waals surface area contributed by atoms with Gasteiger partial charge in [0.2, 0.25) is 5.91 Å². The van der Waals surface area contributed by atoms with Crippen LogP contribution in [0.3, 0.4) is 0 Å². The number of fused-ring (bicyclic) bond motifs is 2. The molecule has 2 aromatic rings. The highest BCUT2D eigenvalue weighted by atomic mass is 16.5. The summed E-state index contributed by atoms with van der Waals surface area (Å²) in [6.45, 7) is 1.45. The van der Waals surface area contributed by atoms with Crippen LogP contribution in [0.1, 0.15) is 31.2 Å². The molecular formula is C19H23N3O3. The van der Waals surface area contributed by atoms with Crippen molar-refractivity contribution in [3.63, 3.8) is 0 Å². The van der Waals surface area contributed by atoms with E-state index in [4.69, 9.17) is 5.21 Å². The average Bonchev–Trinajstić information content (AvgIpc) is 2.79. The van der Waals surface area contributed by atoms with Crippen LogP contribution in [-0.2, 0) is 11.3 Å². The summed E-state index contributed by atoms with van der Waals surface area (Å²) in [6.07, 6.45) is 2.89. The molecule has 6 nitrogen and oxygen atoms in total. The Morgan fingerprint density at radius 1 is 1.08 bits per heavy atom. The molecular weight excluding hydrogens is 318 g/mol. The monoisotopic (exact) mass is 341 g/mol. The van der Waals surface area contributed by atoms with E-state index in [0.29, 0.717) is 18.7 Å². The largest absolute Gasteiger partial charge is 0.508 e. The zero-order valence-corrected chi connectivity index (χ0v) is 14.0. The zero-order chi connectivity index (χ0) is 17.6. The predicted octanol–water partition coefficient (Wildman–Crippen LogP) is 3.52. The molecule has 1 heterocycles. The van der Waals surface area contributed by atoms with Crippen LogP contribution in [0, 0.1) is 0 Å². The Hall–Kier alpha value is -2.73. The Bertz CT molecular complexity index is 748. The van der Waals surface area contributed by atoms with Gasteiger partial charge in [-0.1, -0.05) is 24.6 Å². The number of phenolic OH excluding ortho intramolecular Hbond substituents is 1. The number of carbonyl (C=O) groups is 1. The number of benzene rings is 2. The van der Waals surface area contributed by atoms with Gasteiger partial charge in [0.05, 0.1) is 11.4 Å². The topological polar surface area (TPSA) is 84.8 Å². The molecule has 0 unspecified atom stereocenters. The standard InChI is InChI=1S/C19H23N3O3/c23-18-10-6-8-15-14(18)13-22(12-5-1-2-11-19(24)21-25)17-9-4-3-7-16(17)20-15/h3-4,6-10,20,23,25H,1-2,5,11-13H2,(H,21,24). The molecule has 1 aliphatic heterocycles. The van der Waals surface area contributed by atoms with Crippen molar-refractivity contribution in [3.8, 4) is 5.75 Å². The van der Waals surface area contributed by atoms with E-state index >= 15 is 0 Å². The molecule has 1 amide bonds. The van der Waals surface area contributed by atoms with Gasteiger partial charge in [0.25, 0.3) is 0 Å². The van der Waals surface area contributed by atoms with Crippen molar-refractivity contribution >= 4 is 23.0 Å². The second-order valence-corrected chi connectivity index (χ2v) is 6.21. The number of aromatic hydroxyl groups is 1. The van der Waals surface area contributed by atoms with Crippen LogP contribution < -0.4 is 15.7 Å². The molecule has 6 heteroatoms. The zero-order valence-electron chi connectivity index (χ0n) is 14.0. The number of hydrogen-bond acceptors (Lipinski definition) is 5. The molecule has 0 aliphatic carbocycles. The van der Waals surface area contributed by atoms with Crippen molar-refractivity contribution in [1.29, 1.82) is 0 Å². The number of hydrogen-bond donors (Lipinski definition) is 4. The van der Waals surface area contributed by atoms with Gasteiger partial charge in [-0.05, 0) is 37.1 Å². The number of phenols is 1. The quantitative estimate of drug-likeness (QED) is 0.367. The Morgan fingerprint density at radius 2 is 1.88 bits per heavy atom. The summed E-state index contributed by atoms with van der Waals surface area (Å²) in [7, 11) is 0. The Balaban J connectivity index is 1.71. The minimum atomic E-state index is -0.344. The highest BCUT2D eigenvalue weighted by molar-refractivity contribution is 5.80. The number of nitrogens with zero attached hydrogens (tertiary/aromatic N) is 1. The van der Waals surface area contributed by atoms with Gasteiger partial charge in [0, 0.05) is 30.8 Å². The van der Waals surface area contributed by atoms with E-state index in [1.54, 1.807) is 11.5 Å². The number of para-hydroxylation sites is 2. The maximum absolute atomic E-state index is 11.1. The van der Waals surface area contributed by atoms with Crippen molar-refractivity contribution in [3.05, 3.63) is 48.0 Å². The van der Waals surface area contributed by atoms with Gasteiger partial charge in [0.15, 0.2) is 0 Å². The number of nitrogens with one attached hydrogen (secondary N) is 2. The number of amides is 1. The fourth-order valence-corrected chi connectivity index (χ4v) is 3.15. The van der Waals surface area contributed by atoms with Gasteiger partial charge in [-0.15, -0.1) is 0 Å². The Kier molecular flexibility index (Phi) is 5.40. The van der Waals surface area contributed by atoms with E-state index in [-0.39, 0.29) is 5.91 Å². The molecule has 0 radical (unpaired) electrons. The van der Waals surface area contributed by atoms with E-state index in [1.165, 1.54) is 0 Å².